The summed E-state index contributed by atoms with van der Waals surface area (Å²) in [6.45, 7) is 0.515. The molecule has 0 aliphatic carbocycles. The third-order valence-corrected chi connectivity index (χ3v) is 5.79. The Kier molecular flexibility index (Phi) is 5.10. The first kappa shape index (κ1) is 21.1. The Balaban J connectivity index is 1.40. The Morgan fingerprint density at radius 1 is 1.09 bits per heavy atom. The lowest BCUT2D eigenvalue weighted by Crippen LogP contribution is -2.26. The van der Waals surface area contributed by atoms with Crippen molar-refractivity contribution in [2.75, 3.05) is 0 Å². The first-order valence-electron chi connectivity index (χ1n) is 10.5. The Bertz CT molecular complexity index is 1440. The van der Waals surface area contributed by atoms with E-state index in [0.717, 1.165) is 37.4 Å². The van der Waals surface area contributed by atoms with Crippen molar-refractivity contribution in [3.05, 3.63) is 69.7 Å². The van der Waals surface area contributed by atoms with Gasteiger partial charge in [-0.15, -0.1) is 10.2 Å². The third-order valence-electron chi connectivity index (χ3n) is 5.79. The van der Waals surface area contributed by atoms with Crippen molar-refractivity contribution >= 4 is 22.5 Å². The van der Waals surface area contributed by atoms with Crippen molar-refractivity contribution in [2.45, 2.75) is 44.9 Å². The van der Waals surface area contributed by atoms with Crippen molar-refractivity contribution in [1.82, 2.24) is 29.5 Å². The number of carbonyl (C=O) groups excluding carboxylic acids is 1. The first-order chi connectivity index (χ1) is 15.8. The predicted octanol–water partition coefficient (Wildman–Crippen LogP) is 3.11. The average molecular weight is 456 g/mol. The van der Waals surface area contributed by atoms with Gasteiger partial charge in [0, 0.05) is 24.7 Å². The summed E-state index contributed by atoms with van der Waals surface area (Å²) in [5.74, 6) is 0.419. The minimum atomic E-state index is -4.51. The highest BCUT2D eigenvalue weighted by Gasteiger charge is 2.31. The van der Waals surface area contributed by atoms with Crippen LogP contribution in [-0.4, -0.2) is 30.1 Å². The Labute approximate surface area is 185 Å². The summed E-state index contributed by atoms with van der Waals surface area (Å²) in [6, 6.07) is 6.82. The number of nitrogens with zero attached hydrogens (tertiary/aromatic N) is 5. The van der Waals surface area contributed by atoms with Crippen LogP contribution in [0.25, 0.3) is 16.6 Å². The van der Waals surface area contributed by atoms with Gasteiger partial charge < -0.3 is 5.32 Å². The molecule has 0 atom stereocenters. The summed E-state index contributed by atoms with van der Waals surface area (Å²) >= 11 is 0. The van der Waals surface area contributed by atoms with E-state index in [4.69, 9.17) is 0 Å². The SMILES string of the molecule is O=C(NCc1nnc2ccc(C(F)(F)F)cn12)c1ccc2c(=O)n3c(nc2c1)CCCCC3. The van der Waals surface area contributed by atoms with Gasteiger partial charge in [-0.2, -0.15) is 13.2 Å². The zero-order chi connectivity index (χ0) is 23.2. The molecule has 1 N–H and O–H groups in total. The second-order valence-corrected chi connectivity index (χ2v) is 7.97. The maximum absolute atomic E-state index is 13.0. The Hall–Kier alpha value is -3.76. The molecule has 0 fully saturated rings. The molecule has 4 heterocycles. The summed E-state index contributed by atoms with van der Waals surface area (Å²) in [5, 5.41) is 10.8. The van der Waals surface area contributed by atoms with Crippen LogP contribution in [0.4, 0.5) is 13.2 Å². The Morgan fingerprint density at radius 3 is 2.76 bits per heavy atom. The molecule has 0 radical (unpaired) electrons. The molecule has 0 bridgehead atoms. The highest BCUT2D eigenvalue weighted by atomic mass is 19.4. The Morgan fingerprint density at radius 2 is 1.94 bits per heavy atom. The molecule has 4 aromatic rings. The van der Waals surface area contributed by atoms with Crippen LogP contribution in [0.5, 0.6) is 0 Å². The van der Waals surface area contributed by atoms with E-state index in [-0.39, 0.29) is 29.1 Å². The van der Waals surface area contributed by atoms with E-state index in [9.17, 15) is 22.8 Å². The minimum absolute atomic E-state index is 0.112. The van der Waals surface area contributed by atoms with Crippen molar-refractivity contribution < 1.29 is 18.0 Å². The molecule has 0 saturated carbocycles. The number of hydrogen-bond acceptors (Lipinski definition) is 5. The molecule has 3 aromatic heterocycles. The quantitative estimate of drug-likeness (QED) is 0.511. The summed E-state index contributed by atoms with van der Waals surface area (Å²) in [7, 11) is 0. The van der Waals surface area contributed by atoms with Crippen LogP contribution in [0.1, 0.15) is 46.8 Å². The van der Waals surface area contributed by atoms with Crippen molar-refractivity contribution in [2.24, 2.45) is 0 Å². The zero-order valence-electron chi connectivity index (χ0n) is 17.4. The second-order valence-electron chi connectivity index (χ2n) is 7.97. The topological polar surface area (TPSA) is 94.2 Å². The number of amides is 1. The van der Waals surface area contributed by atoms with E-state index in [1.165, 1.54) is 16.5 Å². The number of nitrogens with one attached hydrogen (secondary N) is 1. The number of aryl methyl sites for hydroxylation is 1. The number of pyridine rings is 1. The van der Waals surface area contributed by atoms with Gasteiger partial charge >= 0.3 is 6.18 Å². The fourth-order valence-corrected chi connectivity index (χ4v) is 4.05. The molecule has 1 aromatic carbocycles. The summed E-state index contributed by atoms with van der Waals surface area (Å²) in [4.78, 5) is 30.2. The second kappa shape index (κ2) is 7.98. The monoisotopic (exact) mass is 456 g/mol. The molecule has 0 spiro atoms. The lowest BCUT2D eigenvalue weighted by molar-refractivity contribution is -0.137. The molecule has 0 saturated heterocycles. The largest absolute Gasteiger partial charge is 0.417 e. The summed E-state index contributed by atoms with van der Waals surface area (Å²) < 4.78 is 42.0. The van der Waals surface area contributed by atoms with Crippen molar-refractivity contribution in [3.63, 3.8) is 0 Å². The van der Waals surface area contributed by atoms with Gasteiger partial charge in [-0.3, -0.25) is 18.6 Å². The standard InChI is InChI=1S/C22H19F3N6O2/c23-22(24,25)14-6-8-18-28-29-19(31(18)12-14)11-26-20(32)13-5-7-15-16(10-13)27-17-4-2-1-3-9-30(17)21(15)33/h5-8,10,12H,1-4,9,11H2,(H,26,32). The van der Waals surface area contributed by atoms with Gasteiger partial charge in [0.25, 0.3) is 11.5 Å². The number of aromatic nitrogens is 5. The number of alkyl halides is 3. The van der Waals surface area contributed by atoms with Gasteiger partial charge in [-0.05, 0) is 43.2 Å². The molecule has 1 aliphatic heterocycles. The van der Waals surface area contributed by atoms with E-state index in [0.29, 0.717) is 23.9 Å². The number of benzene rings is 1. The van der Waals surface area contributed by atoms with Crippen LogP contribution in [0.3, 0.4) is 0 Å². The third kappa shape index (κ3) is 3.94. The summed E-state index contributed by atoms with van der Waals surface area (Å²) in [5.41, 5.74) is 0.0253. The van der Waals surface area contributed by atoms with Crippen LogP contribution in [0.2, 0.25) is 0 Å². The number of carbonyl (C=O) groups is 1. The van der Waals surface area contributed by atoms with Crippen LogP contribution in [0, 0.1) is 0 Å². The molecule has 170 valence electrons. The zero-order valence-corrected chi connectivity index (χ0v) is 17.4. The van der Waals surface area contributed by atoms with E-state index in [2.05, 4.69) is 20.5 Å². The molecule has 0 unspecified atom stereocenters. The normalized spacial score (nSPS) is 14.3. The van der Waals surface area contributed by atoms with Crippen molar-refractivity contribution in [3.8, 4) is 0 Å². The molecule has 1 aliphatic rings. The lowest BCUT2D eigenvalue weighted by Gasteiger charge is -2.11. The average Bonchev–Trinajstić information content (AvgIpc) is 3.04. The van der Waals surface area contributed by atoms with Crippen LogP contribution >= 0.6 is 0 Å². The van der Waals surface area contributed by atoms with E-state index in [1.54, 1.807) is 16.7 Å². The fraction of sp³-hybridized carbons (Fsp3) is 0.318. The number of rotatable bonds is 3. The first-order valence-corrected chi connectivity index (χ1v) is 10.5. The van der Waals surface area contributed by atoms with Crippen LogP contribution in [-0.2, 0) is 25.7 Å². The molecular weight excluding hydrogens is 437 g/mol. The van der Waals surface area contributed by atoms with Crippen LogP contribution in [0.15, 0.2) is 41.3 Å². The maximum Gasteiger partial charge on any atom is 0.417 e. The minimum Gasteiger partial charge on any atom is -0.345 e. The highest BCUT2D eigenvalue weighted by molar-refractivity contribution is 5.97. The smallest absolute Gasteiger partial charge is 0.345 e. The molecule has 5 rings (SSSR count). The lowest BCUT2D eigenvalue weighted by atomic mass is 10.1. The van der Waals surface area contributed by atoms with E-state index >= 15 is 0 Å². The van der Waals surface area contributed by atoms with Gasteiger partial charge in [0.15, 0.2) is 11.5 Å². The number of fused-ring (bicyclic) bond motifs is 3. The fourth-order valence-electron chi connectivity index (χ4n) is 4.05. The van der Waals surface area contributed by atoms with Gasteiger partial charge in [0.05, 0.1) is 23.0 Å². The molecular formula is C22H19F3N6O2. The van der Waals surface area contributed by atoms with Gasteiger partial charge in [-0.1, -0.05) is 6.42 Å². The predicted molar refractivity (Wildman–Crippen MR) is 113 cm³/mol. The number of hydrogen-bond donors (Lipinski definition) is 1. The number of halogens is 3. The summed E-state index contributed by atoms with van der Waals surface area (Å²) in [6.07, 6.45) is 0.0306. The van der Waals surface area contributed by atoms with E-state index in [1.807, 2.05) is 0 Å². The van der Waals surface area contributed by atoms with Gasteiger partial charge in [-0.25, -0.2) is 4.98 Å². The van der Waals surface area contributed by atoms with Gasteiger partial charge in [0.1, 0.15) is 5.82 Å². The van der Waals surface area contributed by atoms with Crippen molar-refractivity contribution in [1.29, 1.82) is 0 Å². The van der Waals surface area contributed by atoms with Gasteiger partial charge in [0.2, 0.25) is 0 Å². The maximum atomic E-state index is 13.0. The molecule has 33 heavy (non-hydrogen) atoms. The highest BCUT2D eigenvalue weighted by Crippen LogP contribution is 2.29. The van der Waals surface area contributed by atoms with E-state index < -0.39 is 17.6 Å². The molecule has 1 amide bonds. The molecule has 11 heteroatoms. The van der Waals surface area contributed by atoms with Crippen LogP contribution < -0.4 is 10.9 Å². The molecule has 8 nitrogen and oxygen atoms in total.